The van der Waals surface area contributed by atoms with Gasteiger partial charge in [-0.3, -0.25) is 0 Å². The van der Waals surface area contributed by atoms with Crippen LogP contribution in [-0.4, -0.2) is 54.1 Å². The fourth-order valence-electron chi connectivity index (χ4n) is 2.95. The van der Waals surface area contributed by atoms with Gasteiger partial charge < -0.3 is 19.6 Å². The molecule has 1 saturated heterocycles. The van der Waals surface area contributed by atoms with E-state index in [1.807, 2.05) is 31.7 Å². The first kappa shape index (κ1) is 19.0. The van der Waals surface area contributed by atoms with Gasteiger partial charge in [-0.15, -0.1) is 0 Å². The maximum absolute atomic E-state index is 12.7. The molecule has 0 aromatic rings. The molecule has 24 heavy (non-hydrogen) atoms. The number of hydroxylamine groups is 1. The Kier molecular flexibility index (Phi) is 6.83. The molecule has 1 amide bonds. The summed E-state index contributed by atoms with van der Waals surface area (Å²) in [5, 5.41) is 8.80. The van der Waals surface area contributed by atoms with E-state index in [0.29, 0.717) is 26.3 Å². The van der Waals surface area contributed by atoms with Crippen LogP contribution in [0.2, 0.25) is 0 Å². The van der Waals surface area contributed by atoms with Crippen molar-refractivity contribution >= 4 is 6.09 Å². The lowest BCUT2D eigenvalue weighted by molar-refractivity contribution is -0.00285. The van der Waals surface area contributed by atoms with Crippen molar-refractivity contribution in [1.82, 2.24) is 10.4 Å². The van der Waals surface area contributed by atoms with Gasteiger partial charge in [0.15, 0.2) is 0 Å². The molecule has 0 bridgehead atoms. The average molecular weight is 338 g/mol. The Morgan fingerprint density at radius 3 is 2.67 bits per heavy atom. The summed E-state index contributed by atoms with van der Waals surface area (Å²) in [5.41, 5.74) is 2.82. The summed E-state index contributed by atoms with van der Waals surface area (Å²) in [5.74, 6) is 0.289. The maximum atomic E-state index is 12.7. The molecule has 2 N–H and O–H groups in total. The number of nitrogens with zero attached hydrogens (tertiary/aromatic N) is 1. The van der Waals surface area contributed by atoms with Crippen molar-refractivity contribution in [2.45, 2.75) is 51.7 Å². The van der Waals surface area contributed by atoms with Gasteiger partial charge in [0, 0.05) is 32.3 Å². The van der Waals surface area contributed by atoms with E-state index >= 15 is 0 Å². The fraction of sp³-hybridized carbons (Fsp3) is 0.722. The van der Waals surface area contributed by atoms with Gasteiger partial charge in [-0.1, -0.05) is 18.2 Å². The molecule has 0 radical (unpaired) electrons. The third-order valence-electron chi connectivity index (χ3n) is 4.23. The largest absolute Gasteiger partial charge is 0.444 e. The molecule has 2 rings (SSSR count). The quantitative estimate of drug-likeness (QED) is 0.754. The summed E-state index contributed by atoms with van der Waals surface area (Å²) in [6.45, 7) is 8.12. The Balaban J connectivity index is 2.03. The molecule has 1 unspecified atom stereocenters. The summed E-state index contributed by atoms with van der Waals surface area (Å²) >= 11 is 0. The Labute approximate surface area is 144 Å². The summed E-state index contributed by atoms with van der Waals surface area (Å²) in [4.78, 5) is 14.5. The van der Waals surface area contributed by atoms with Gasteiger partial charge in [0.1, 0.15) is 5.60 Å². The van der Waals surface area contributed by atoms with E-state index in [1.54, 1.807) is 0 Å². The highest BCUT2D eigenvalue weighted by molar-refractivity contribution is 5.69. The van der Waals surface area contributed by atoms with Crippen molar-refractivity contribution < 1.29 is 19.5 Å². The molecule has 2 aliphatic rings. The molecule has 1 atom stereocenters. The smallest absolute Gasteiger partial charge is 0.410 e. The van der Waals surface area contributed by atoms with Gasteiger partial charge in [-0.05, 0) is 51.5 Å². The van der Waals surface area contributed by atoms with Crippen molar-refractivity contribution in [2.24, 2.45) is 5.92 Å². The first-order chi connectivity index (χ1) is 11.4. The predicted molar refractivity (Wildman–Crippen MR) is 91.9 cm³/mol. The highest BCUT2D eigenvalue weighted by atomic mass is 16.6. The second-order valence-electron chi connectivity index (χ2n) is 7.45. The highest BCUT2D eigenvalue weighted by Gasteiger charge is 2.30. The SMILES string of the molecule is CC(C)(C)OC(=O)N(CC1=CCC(CNO)C=C1)C1CCOCC1. The van der Waals surface area contributed by atoms with Gasteiger partial charge in [-0.25, -0.2) is 10.3 Å². The van der Waals surface area contributed by atoms with E-state index in [2.05, 4.69) is 17.6 Å². The lowest BCUT2D eigenvalue weighted by atomic mass is 9.96. The van der Waals surface area contributed by atoms with Crippen LogP contribution in [0.4, 0.5) is 4.79 Å². The van der Waals surface area contributed by atoms with Crippen molar-refractivity contribution in [1.29, 1.82) is 0 Å². The second kappa shape index (κ2) is 8.65. The van der Waals surface area contributed by atoms with Crippen LogP contribution in [0.5, 0.6) is 0 Å². The Bertz CT molecular complexity index is 476. The maximum Gasteiger partial charge on any atom is 0.410 e. The van der Waals surface area contributed by atoms with Crippen LogP contribution in [0.25, 0.3) is 0 Å². The summed E-state index contributed by atoms with van der Waals surface area (Å²) in [6.07, 6.45) is 8.54. The highest BCUT2D eigenvalue weighted by Crippen LogP contribution is 2.22. The first-order valence-electron chi connectivity index (χ1n) is 8.70. The van der Waals surface area contributed by atoms with Crippen LogP contribution >= 0.6 is 0 Å². The molecule has 1 heterocycles. The Morgan fingerprint density at radius 1 is 1.42 bits per heavy atom. The van der Waals surface area contributed by atoms with E-state index in [0.717, 1.165) is 24.8 Å². The van der Waals surface area contributed by atoms with E-state index in [-0.39, 0.29) is 18.1 Å². The fourth-order valence-corrected chi connectivity index (χ4v) is 2.95. The van der Waals surface area contributed by atoms with Crippen molar-refractivity contribution in [3.8, 4) is 0 Å². The summed E-state index contributed by atoms with van der Waals surface area (Å²) in [7, 11) is 0. The molecule has 6 heteroatoms. The van der Waals surface area contributed by atoms with Crippen LogP contribution in [0.3, 0.4) is 0 Å². The van der Waals surface area contributed by atoms with Gasteiger partial charge in [0.25, 0.3) is 0 Å². The lowest BCUT2D eigenvalue weighted by Crippen LogP contribution is -2.46. The van der Waals surface area contributed by atoms with Gasteiger partial charge >= 0.3 is 6.09 Å². The summed E-state index contributed by atoms with van der Waals surface area (Å²) < 4.78 is 11.0. The minimum absolute atomic E-state index is 0.153. The van der Waals surface area contributed by atoms with E-state index < -0.39 is 5.60 Å². The summed E-state index contributed by atoms with van der Waals surface area (Å²) in [6, 6.07) is 0.153. The van der Waals surface area contributed by atoms with Crippen molar-refractivity contribution in [3.63, 3.8) is 0 Å². The van der Waals surface area contributed by atoms with Crippen molar-refractivity contribution in [3.05, 3.63) is 23.8 Å². The second-order valence-corrected chi connectivity index (χ2v) is 7.45. The lowest BCUT2D eigenvalue weighted by Gasteiger charge is -2.36. The third-order valence-corrected chi connectivity index (χ3v) is 4.23. The third kappa shape index (κ3) is 5.92. The van der Waals surface area contributed by atoms with E-state index in [9.17, 15) is 4.79 Å². The molecule has 0 saturated carbocycles. The molecule has 6 nitrogen and oxygen atoms in total. The van der Waals surface area contributed by atoms with Crippen LogP contribution in [0, 0.1) is 5.92 Å². The zero-order chi connectivity index (χ0) is 17.6. The monoisotopic (exact) mass is 338 g/mol. The number of carbonyl (C=O) groups is 1. The minimum atomic E-state index is -0.505. The molecule has 1 fully saturated rings. The van der Waals surface area contributed by atoms with Crippen LogP contribution in [-0.2, 0) is 9.47 Å². The van der Waals surface area contributed by atoms with E-state index in [1.165, 1.54) is 0 Å². The number of hydrogen-bond acceptors (Lipinski definition) is 5. The van der Waals surface area contributed by atoms with Crippen LogP contribution < -0.4 is 5.48 Å². The number of rotatable bonds is 5. The van der Waals surface area contributed by atoms with Crippen LogP contribution in [0.15, 0.2) is 23.8 Å². The molecule has 136 valence electrons. The number of hydrogen-bond donors (Lipinski definition) is 2. The van der Waals surface area contributed by atoms with Crippen LogP contribution in [0.1, 0.15) is 40.0 Å². The number of allylic oxidation sites excluding steroid dienone is 1. The normalized spacial score (nSPS) is 22.2. The zero-order valence-corrected chi connectivity index (χ0v) is 15.0. The first-order valence-corrected chi connectivity index (χ1v) is 8.70. The number of nitrogens with one attached hydrogen (secondary N) is 1. The average Bonchev–Trinajstić information content (AvgIpc) is 2.53. The number of amides is 1. The molecular formula is C18H30N2O4. The minimum Gasteiger partial charge on any atom is -0.444 e. The van der Waals surface area contributed by atoms with Crippen molar-refractivity contribution in [2.75, 3.05) is 26.3 Å². The Morgan fingerprint density at radius 2 is 2.12 bits per heavy atom. The molecule has 0 aromatic heterocycles. The predicted octanol–water partition coefficient (Wildman–Crippen LogP) is 2.88. The molecule has 0 spiro atoms. The number of carbonyl (C=O) groups excluding carboxylic acids is 1. The molecular weight excluding hydrogens is 308 g/mol. The van der Waals surface area contributed by atoms with Gasteiger partial charge in [0.2, 0.25) is 0 Å². The van der Waals surface area contributed by atoms with Gasteiger partial charge in [0.05, 0.1) is 0 Å². The number of ether oxygens (including phenoxy) is 2. The standard InChI is InChI=1S/C18H30N2O4/c1-18(2,3)24-17(21)20(16-8-10-23-11-9-16)13-15-6-4-14(5-7-15)12-19-22/h4,6-7,14,16,19,22H,5,8-13H2,1-3H3. The molecule has 0 aromatic carbocycles. The topological polar surface area (TPSA) is 71.0 Å². The van der Waals surface area contributed by atoms with E-state index in [4.69, 9.17) is 14.7 Å². The zero-order valence-electron chi connectivity index (χ0n) is 15.0. The molecule has 1 aliphatic carbocycles. The van der Waals surface area contributed by atoms with Gasteiger partial charge in [-0.2, -0.15) is 0 Å². The molecule has 1 aliphatic heterocycles. The Hall–Kier alpha value is -1.37.